The maximum absolute atomic E-state index is 13.4. The largest absolute Gasteiger partial charge is 0.481 e. The number of ether oxygens (including phenoxy) is 3. The van der Waals surface area contributed by atoms with Gasteiger partial charge in [-0.25, -0.2) is 0 Å². The molecular weight excluding hydrogens is 648 g/mol. The Hall–Kier alpha value is -3.01. The van der Waals surface area contributed by atoms with Crippen LogP contribution in [0.3, 0.4) is 0 Å². The zero-order chi connectivity index (χ0) is 38.4. The molecule has 9 nitrogen and oxygen atoms in total. The van der Waals surface area contributed by atoms with Crippen molar-refractivity contribution in [2.24, 2.45) is 34.5 Å². The van der Waals surface area contributed by atoms with Crippen molar-refractivity contribution in [3.05, 3.63) is 48.5 Å². The van der Waals surface area contributed by atoms with Gasteiger partial charge in [-0.3, -0.25) is 14.4 Å². The molecule has 1 aliphatic carbocycles. The Bertz CT molecular complexity index is 1300. The molecule has 1 saturated carbocycles. The van der Waals surface area contributed by atoms with Crippen molar-refractivity contribution in [2.75, 3.05) is 13.7 Å². The highest BCUT2D eigenvalue weighted by atomic mass is 16.7. The summed E-state index contributed by atoms with van der Waals surface area (Å²) in [5, 5.41) is 30.2. The first-order valence-electron chi connectivity index (χ1n) is 18.8. The van der Waals surface area contributed by atoms with Gasteiger partial charge in [-0.1, -0.05) is 75.7 Å². The minimum Gasteiger partial charge on any atom is -0.481 e. The average Bonchev–Trinajstić information content (AvgIpc) is 3.08. The molecule has 7 unspecified atom stereocenters. The molecule has 4 rings (SSSR count). The van der Waals surface area contributed by atoms with Crippen LogP contribution in [0.2, 0.25) is 0 Å². The Labute approximate surface area is 306 Å². The van der Waals surface area contributed by atoms with Crippen molar-refractivity contribution in [1.82, 2.24) is 0 Å². The zero-order valence-electron chi connectivity index (χ0n) is 32.7. The summed E-state index contributed by atoms with van der Waals surface area (Å²) in [5.74, 6) is -2.06. The number of benzene rings is 2. The van der Waals surface area contributed by atoms with Gasteiger partial charge >= 0.3 is 17.9 Å². The number of carboxylic acid groups (broad SMARTS) is 1. The monoisotopic (exact) mass is 714 g/mol. The van der Waals surface area contributed by atoms with Gasteiger partial charge in [-0.15, -0.1) is 0 Å². The van der Waals surface area contributed by atoms with Gasteiger partial charge in [0.25, 0.3) is 0 Å². The van der Waals surface area contributed by atoms with Gasteiger partial charge < -0.3 is 29.5 Å². The van der Waals surface area contributed by atoms with Gasteiger partial charge in [-0.2, -0.15) is 0 Å². The van der Waals surface area contributed by atoms with E-state index in [9.17, 15) is 24.6 Å². The summed E-state index contributed by atoms with van der Waals surface area (Å²) >= 11 is 0. The molecule has 2 aliphatic rings. The third kappa shape index (κ3) is 13.5. The van der Waals surface area contributed by atoms with Gasteiger partial charge in [0.05, 0.1) is 29.5 Å². The molecule has 0 spiro atoms. The van der Waals surface area contributed by atoms with E-state index in [1.54, 1.807) is 6.92 Å². The standard InChI is InChI=1S/C31H54O8.C10H8.CH4O/c1-9-31(8,27(34)35)19-22(26(33)38-25-12-10-11-15-37-25)16-21(3)18-29(4,5)28(36)39-30(6,7)23-14-13-20(2)17-24(23)32;1-2-6-10-8-4-3-7-9(10)5-1;1-2/h20-25,32H,9-19H2,1-8H3,(H,34,35);1-8H;2H,1H3. The van der Waals surface area contributed by atoms with E-state index < -0.39 is 46.7 Å². The van der Waals surface area contributed by atoms with Crippen LogP contribution < -0.4 is 0 Å². The molecule has 0 amide bonds. The van der Waals surface area contributed by atoms with Gasteiger partial charge in [0.15, 0.2) is 0 Å². The third-order valence-electron chi connectivity index (χ3n) is 10.8. The second-order valence-electron chi connectivity index (χ2n) is 16.2. The molecule has 1 heterocycles. The Kier molecular flexibility index (Phi) is 17.6. The van der Waals surface area contributed by atoms with Gasteiger partial charge in [0, 0.05) is 19.4 Å². The van der Waals surface area contributed by atoms with E-state index in [1.807, 2.05) is 41.5 Å². The fourth-order valence-electron chi connectivity index (χ4n) is 7.49. The molecule has 9 heteroatoms. The van der Waals surface area contributed by atoms with Crippen molar-refractivity contribution in [3.8, 4) is 0 Å². The molecule has 51 heavy (non-hydrogen) atoms. The number of hydrogen-bond acceptors (Lipinski definition) is 8. The molecule has 7 atom stereocenters. The number of aliphatic hydroxyl groups excluding tert-OH is 2. The minimum atomic E-state index is -1.06. The molecule has 0 bridgehead atoms. The molecular formula is C42H66O9. The number of carbonyl (C=O) groups is 3. The van der Waals surface area contributed by atoms with Crippen LogP contribution in [0.15, 0.2) is 48.5 Å². The van der Waals surface area contributed by atoms with Crippen LogP contribution in [0.25, 0.3) is 10.8 Å². The molecule has 2 aromatic rings. The van der Waals surface area contributed by atoms with Crippen molar-refractivity contribution < 1.29 is 43.9 Å². The summed E-state index contributed by atoms with van der Waals surface area (Å²) in [6.07, 6.45) is 5.33. The number of esters is 2. The lowest BCUT2D eigenvalue weighted by Gasteiger charge is -2.42. The Balaban J connectivity index is 0.000000628. The highest BCUT2D eigenvalue weighted by molar-refractivity contribution is 5.82. The van der Waals surface area contributed by atoms with Crippen molar-refractivity contribution in [3.63, 3.8) is 0 Å². The van der Waals surface area contributed by atoms with E-state index in [0.29, 0.717) is 44.6 Å². The van der Waals surface area contributed by atoms with Crippen LogP contribution in [-0.4, -0.2) is 64.9 Å². The number of carbonyl (C=O) groups excluding carboxylic acids is 2. The van der Waals surface area contributed by atoms with Crippen LogP contribution in [0.5, 0.6) is 0 Å². The van der Waals surface area contributed by atoms with E-state index in [1.165, 1.54) is 10.8 Å². The van der Waals surface area contributed by atoms with Crippen molar-refractivity contribution in [1.29, 1.82) is 0 Å². The van der Waals surface area contributed by atoms with Crippen LogP contribution in [0.4, 0.5) is 0 Å². The average molecular weight is 715 g/mol. The summed E-state index contributed by atoms with van der Waals surface area (Å²) in [4.78, 5) is 38.7. The van der Waals surface area contributed by atoms with Crippen LogP contribution in [0, 0.1) is 34.5 Å². The maximum atomic E-state index is 13.4. The highest BCUT2D eigenvalue weighted by Crippen LogP contribution is 2.41. The molecule has 1 aliphatic heterocycles. The summed E-state index contributed by atoms with van der Waals surface area (Å²) in [7, 11) is 1.00. The number of rotatable bonds is 13. The summed E-state index contributed by atoms with van der Waals surface area (Å²) in [6, 6.07) is 16.7. The fourth-order valence-corrected chi connectivity index (χ4v) is 7.49. The molecule has 288 valence electrons. The van der Waals surface area contributed by atoms with Crippen molar-refractivity contribution in [2.45, 2.75) is 138 Å². The highest BCUT2D eigenvalue weighted by Gasteiger charge is 2.44. The Morgan fingerprint density at radius 2 is 1.47 bits per heavy atom. The normalized spacial score (nSPS) is 23.2. The quantitative estimate of drug-likeness (QED) is 0.174. The molecule has 0 aromatic heterocycles. The smallest absolute Gasteiger partial charge is 0.312 e. The molecule has 2 aromatic carbocycles. The Morgan fingerprint density at radius 1 is 0.902 bits per heavy atom. The predicted octanol–water partition coefficient (Wildman–Crippen LogP) is 8.57. The number of aliphatic hydroxyl groups is 2. The van der Waals surface area contributed by atoms with Crippen LogP contribution >= 0.6 is 0 Å². The maximum Gasteiger partial charge on any atom is 0.312 e. The first-order chi connectivity index (χ1) is 24.0. The summed E-state index contributed by atoms with van der Waals surface area (Å²) < 4.78 is 17.3. The van der Waals surface area contributed by atoms with E-state index in [-0.39, 0.29) is 24.2 Å². The van der Waals surface area contributed by atoms with Crippen LogP contribution in [0.1, 0.15) is 120 Å². The van der Waals surface area contributed by atoms with E-state index in [0.717, 1.165) is 32.8 Å². The SMILES string of the molecule is CCC(C)(CC(CC(C)CC(C)(C)C(=O)OC(C)(C)C1CCC(C)CC1O)C(=O)OC1CCCCO1)C(=O)O.CO.c1ccc2ccccc2c1. The van der Waals surface area contributed by atoms with Crippen LogP contribution in [-0.2, 0) is 28.6 Å². The molecule has 0 radical (unpaired) electrons. The Morgan fingerprint density at radius 3 is 1.94 bits per heavy atom. The first kappa shape index (κ1) is 44.2. The lowest BCUT2D eigenvalue weighted by Crippen LogP contribution is -2.47. The summed E-state index contributed by atoms with van der Waals surface area (Å²) in [6.45, 7) is 15.6. The second kappa shape index (κ2) is 20.3. The predicted molar refractivity (Wildman–Crippen MR) is 201 cm³/mol. The number of carboxylic acids is 1. The number of fused-ring (bicyclic) bond motifs is 1. The number of aliphatic carboxylic acids is 1. The van der Waals surface area contributed by atoms with E-state index in [4.69, 9.17) is 19.3 Å². The fraction of sp³-hybridized carbons (Fsp3) is 0.690. The molecule has 3 N–H and O–H groups in total. The van der Waals surface area contributed by atoms with Gasteiger partial charge in [0.1, 0.15) is 5.60 Å². The van der Waals surface area contributed by atoms with E-state index in [2.05, 4.69) is 55.5 Å². The summed E-state index contributed by atoms with van der Waals surface area (Å²) in [5.41, 5.74) is -2.69. The second-order valence-corrected chi connectivity index (χ2v) is 16.2. The topological polar surface area (TPSA) is 140 Å². The first-order valence-corrected chi connectivity index (χ1v) is 18.8. The van der Waals surface area contributed by atoms with Gasteiger partial charge in [0.2, 0.25) is 6.29 Å². The lowest BCUT2D eigenvalue weighted by atomic mass is 9.72. The number of hydrogen-bond donors (Lipinski definition) is 3. The molecule has 1 saturated heterocycles. The third-order valence-corrected chi connectivity index (χ3v) is 10.8. The van der Waals surface area contributed by atoms with Gasteiger partial charge in [-0.05, 0) is 109 Å². The zero-order valence-corrected chi connectivity index (χ0v) is 32.7. The van der Waals surface area contributed by atoms with E-state index >= 15 is 0 Å². The molecule has 2 fully saturated rings. The van der Waals surface area contributed by atoms with Crippen molar-refractivity contribution >= 4 is 28.7 Å². The minimum absolute atomic E-state index is 0.0727. The lowest BCUT2D eigenvalue weighted by molar-refractivity contribution is -0.193.